The fraction of sp³-hybridized carbons (Fsp3) is 0.588. The quantitative estimate of drug-likeness (QED) is 0.839. The molecule has 1 fully saturated rings. The molecule has 1 aliphatic rings. The molecule has 3 N–H and O–H groups in total. The van der Waals surface area contributed by atoms with Crippen LogP contribution in [-0.2, 0) is 0 Å². The first-order valence-electron chi connectivity index (χ1n) is 7.66. The van der Waals surface area contributed by atoms with E-state index in [9.17, 15) is 4.79 Å². The van der Waals surface area contributed by atoms with Crippen LogP contribution in [-0.4, -0.2) is 30.9 Å². The Hall–Kier alpha value is -1.71. The van der Waals surface area contributed by atoms with E-state index in [2.05, 4.69) is 19.2 Å². The normalized spacial score (nSPS) is 18.3. The van der Waals surface area contributed by atoms with E-state index in [4.69, 9.17) is 5.73 Å². The highest BCUT2D eigenvalue weighted by Gasteiger charge is 2.27. The summed E-state index contributed by atoms with van der Waals surface area (Å²) >= 11 is 0. The number of nitrogens with zero attached hydrogens (tertiary/aromatic N) is 1. The average Bonchev–Trinajstić information content (AvgIpc) is 2.42. The summed E-state index contributed by atoms with van der Waals surface area (Å²) in [5.74, 6) is 0.00262. The molecule has 1 amide bonds. The second-order valence-corrected chi connectivity index (χ2v) is 7.08. The minimum absolute atomic E-state index is 0.00262. The predicted molar refractivity (Wildman–Crippen MR) is 88.5 cm³/mol. The number of nitrogen functional groups attached to an aromatic ring is 1. The number of benzene rings is 1. The van der Waals surface area contributed by atoms with Gasteiger partial charge in [0, 0.05) is 25.7 Å². The van der Waals surface area contributed by atoms with E-state index in [1.165, 1.54) is 12.8 Å². The molecule has 0 radical (unpaired) electrons. The third-order valence-corrected chi connectivity index (χ3v) is 4.41. The Morgan fingerprint density at radius 2 is 1.90 bits per heavy atom. The van der Waals surface area contributed by atoms with Gasteiger partial charge in [-0.3, -0.25) is 4.79 Å². The van der Waals surface area contributed by atoms with Crippen LogP contribution in [0.2, 0.25) is 0 Å². The number of nitrogens with one attached hydrogen (secondary N) is 1. The predicted octanol–water partition coefficient (Wildman–Crippen LogP) is 3.35. The molecular weight excluding hydrogens is 262 g/mol. The van der Waals surface area contributed by atoms with Gasteiger partial charge in [-0.2, -0.15) is 0 Å². The first kappa shape index (κ1) is 15.7. The third-order valence-electron chi connectivity index (χ3n) is 4.41. The van der Waals surface area contributed by atoms with Crippen LogP contribution in [0, 0.1) is 5.41 Å². The van der Waals surface area contributed by atoms with Crippen molar-refractivity contribution in [1.29, 1.82) is 0 Å². The van der Waals surface area contributed by atoms with Crippen LogP contribution < -0.4 is 11.1 Å². The summed E-state index contributed by atoms with van der Waals surface area (Å²) < 4.78 is 0. The molecule has 0 saturated heterocycles. The number of amides is 1. The Labute approximate surface area is 127 Å². The van der Waals surface area contributed by atoms with E-state index in [1.807, 2.05) is 12.1 Å². The van der Waals surface area contributed by atoms with Gasteiger partial charge in [0.05, 0.1) is 11.4 Å². The van der Waals surface area contributed by atoms with E-state index in [-0.39, 0.29) is 5.91 Å². The minimum Gasteiger partial charge on any atom is -0.397 e. The molecule has 1 saturated carbocycles. The molecule has 0 heterocycles. The highest BCUT2D eigenvalue weighted by molar-refractivity contribution is 5.95. The van der Waals surface area contributed by atoms with Gasteiger partial charge in [-0.25, -0.2) is 0 Å². The molecule has 0 aromatic heterocycles. The van der Waals surface area contributed by atoms with Gasteiger partial charge in [-0.15, -0.1) is 0 Å². The van der Waals surface area contributed by atoms with Crippen molar-refractivity contribution in [2.75, 3.05) is 25.1 Å². The zero-order chi connectivity index (χ0) is 15.6. The lowest BCUT2D eigenvalue weighted by molar-refractivity contribution is 0.0827. The number of hydrogen-bond donors (Lipinski definition) is 2. The number of carbonyl (C=O) groups is 1. The zero-order valence-corrected chi connectivity index (χ0v) is 13.6. The van der Waals surface area contributed by atoms with Crippen LogP contribution in [0.5, 0.6) is 0 Å². The molecule has 0 spiro atoms. The molecule has 116 valence electrons. The highest BCUT2D eigenvalue weighted by atomic mass is 16.2. The topological polar surface area (TPSA) is 58.4 Å². The van der Waals surface area contributed by atoms with Gasteiger partial charge >= 0.3 is 0 Å². The maximum absolute atomic E-state index is 12.0. The molecule has 1 aromatic rings. The van der Waals surface area contributed by atoms with Crippen molar-refractivity contribution in [3.8, 4) is 0 Å². The maximum atomic E-state index is 12.0. The number of carbonyl (C=O) groups excluding carboxylic acids is 1. The summed E-state index contributed by atoms with van der Waals surface area (Å²) in [7, 11) is 3.52. The summed E-state index contributed by atoms with van der Waals surface area (Å²) in [5, 5.41) is 3.53. The molecular formula is C17H27N3O. The first-order chi connectivity index (χ1) is 9.78. The van der Waals surface area contributed by atoms with Gasteiger partial charge in [0.25, 0.3) is 5.91 Å². The van der Waals surface area contributed by atoms with Crippen molar-refractivity contribution in [2.45, 2.75) is 45.6 Å². The standard InChI is InChI=1S/C17H27N3O/c1-17(2)9-7-13(8-10-17)19-15-11-12(5-6-14(15)18)16(21)20(3)4/h5-6,11,13,19H,7-10,18H2,1-4H3. The van der Waals surface area contributed by atoms with Crippen molar-refractivity contribution in [3.05, 3.63) is 23.8 Å². The van der Waals surface area contributed by atoms with E-state index in [0.717, 1.165) is 18.5 Å². The summed E-state index contributed by atoms with van der Waals surface area (Å²) in [6, 6.07) is 5.92. The number of rotatable bonds is 3. The van der Waals surface area contributed by atoms with E-state index in [0.29, 0.717) is 22.7 Å². The van der Waals surface area contributed by atoms with Crippen molar-refractivity contribution < 1.29 is 4.79 Å². The fourth-order valence-electron chi connectivity index (χ4n) is 2.84. The van der Waals surface area contributed by atoms with Gasteiger partial charge in [0.1, 0.15) is 0 Å². The molecule has 1 aromatic carbocycles. The Balaban J connectivity index is 2.09. The van der Waals surface area contributed by atoms with Gasteiger partial charge in [-0.05, 0) is 49.3 Å². The van der Waals surface area contributed by atoms with Crippen molar-refractivity contribution in [1.82, 2.24) is 4.90 Å². The van der Waals surface area contributed by atoms with Crippen molar-refractivity contribution in [2.24, 2.45) is 5.41 Å². The lowest BCUT2D eigenvalue weighted by Crippen LogP contribution is -2.30. The van der Waals surface area contributed by atoms with Crippen LogP contribution >= 0.6 is 0 Å². The monoisotopic (exact) mass is 289 g/mol. The first-order valence-corrected chi connectivity index (χ1v) is 7.66. The molecule has 4 heteroatoms. The van der Waals surface area contributed by atoms with Gasteiger partial charge < -0.3 is 16.0 Å². The van der Waals surface area contributed by atoms with Crippen molar-refractivity contribution >= 4 is 17.3 Å². The number of hydrogen-bond acceptors (Lipinski definition) is 3. The third kappa shape index (κ3) is 3.90. The number of anilines is 2. The molecule has 0 aliphatic heterocycles. The molecule has 4 nitrogen and oxygen atoms in total. The molecule has 2 rings (SSSR count). The van der Waals surface area contributed by atoms with E-state index < -0.39 is 0 Å². The minimum atomic E-state index is 0.00262. The Morgan fingerprint density at radius 1 is 1.29 bits per heavy atom. The number of nitrogens with two attached hydrogens (primary N) is 1. The average molecular weight is 289 g/mol. The lowest BCUT2D eigenvalue weighted by Gasteiger charge is -2.35. The van der Waals surface area contributed by atoms with Crippen LogP contribution in [0.3, 0.4) is 0 Å². The summed E-state index contributed by atoms with van der Waals surface area (Å²) in [4.78, 5) is 13.6. The Kier molecular flexibility index (Phi) is 4.45. The zero-order valence-electron chi connectivity index (χ0n) is 13.6. The molecule has 0 bridgehead atoms. The largest absolute Gasteiger partial charge is 0.397 e. The van der Waals surface area contributed by atoms with E-state index >= 15 is 0 Å². The molecule has 0 unspecified atom stereocenters. The SMILES string of the molecule is CN(C)C(=O)c1ccc(N)c(NC2CCC(C)(C)CC2)c1. The molecule has 1 aliphatic carbocycles. The molecule has 21 heavy (non-hydrogen) atoms. The van der Waals surface area contributed by atoms with E-state index in [1.54, 1.807) is 25.1 Å². The second kappa shape index (κ2) is 5.96. The Morgan fingerprint density at radius 3 is 2.48 bits per heavy atom. The van der Waals surface area contributed by atoms with Gasteiger partial charge in [-0.1, -0.05) is 13.8 Å². The van der Waals surface area contributed by atoms with Crippen LogP contribution in [0.25, 0.3) is 0 Å². The fourth-order valence-corrected chi connectivity index (χ4v) is 2.84. The van der Waals surface area contributed by atoms with Crippen LogP contribution in [0.1, 0.15) is 49.9 Å². The van der Waals surface area contributed by atoms with Crippen LogP contribution in [0.15, 0.2) is 18.2 Å². The molecule has 0 atom stereocenters. The van der Waals surface area contributed by atoms with Gasteiger partial charge in [0.15, 0.2) is 0 Å². The second-order valence-electron chi connectivity index (χ2n) is 7.08. The summed E-state index contributed by atoms with van der Waals surface area (Å²) in [5.41, 5.74) is 8.76. The van der Waals surface area contributed by atoms with Crippen molar-refractivity contribution in [3.63, 3.8) is 0 Å². The summed E-state index contributed by atoms with van der Waals surface area (Å²) in [6.45, 7) is 4.65. The Bertz CT molecular complexity index is 513. The van der Waals surface area contributed by atoms with Gasteiger partial charge in [0.2, 0.25) is 0 Å². The summed E-state index contributed by atoms with van der Waals surface area (Å²) in [6.07, 6.45) is 4.75. The highest BCUT2D eigenvalue weighted by Crippen LogP contribution is 2.36. The lowest BCUT2D eigenvalue weighted by atomic mass is 9.75. The van der Waals surface area contributed by atoms with Crippen LogP contribution in [0.4, 0.5) is 11.4 Å². The maximum Gasteiger partial charge on any atom is 0.253 e. The smallest absolute Gasteiger partial charge is 0.253 e.